The molecule has 1 aromatic heterocycles. The number of pyridine rings is 1. The molecule has 20 heteroatoms. The molecule has 4 rings (SSSR count). The van der Waals surface area contributed by atoms with Crippen LogP contribution in [0.5, 0.6) is 5.75 Å². The highest BCUT2D eigenvalue weighted by atomic mass is 19.4. The Morgan fingerprint density at radius 2 is 1.30 bits per heavy atom. The number of aliphatic hydroxyl groups excluding tert-OH is 1. The molecule has 0 saturated carbocycles. The summed E-state index contributed by atoms with van der Waals surface area (Å²) in [6.45, 7) is 3.71. The topological polar surface area (TPSA) is 170 Å². The zero-order valence-corrected chi connectivity index (χ0v) is 24.1. The van der Waals surface area contributed by atoms with Crippen molar-refractivity contribution in [1.82, 2.24) is 15.2 Å². The molecule has 0 amide bonds. The minimum Gasteiger partial charge on any atom is -0.487 e. The normalized spacial score (nSPS) is 17.2. The Morgan fingerprint density at radius 1 is 0.830 bits per heavy atom. The number of carboxylic acids is 3. The van der Waals surface area contributed by atoms with Gasteiger partial charge in [-0.1, -0.05) is 24.3 Å². The second-order valence-electron chi connectivity index (χ2n) is 9.76. The molecule has 1 atom stereocenters. The number of rotatable bonds is 5. The van der Waals surface area contributed by atoms with Gasteiger partial charge in [0.1, 0.15) is 11.4 Å². The summed E-state index contributed by atoms with van der Waals surface area (Å²) in [4.78, 5) is 33.4. The molecule has 3 heterocycles. The third-order valence-electron chi connectivity index (χ3n) is 6.36. The molecule has 1 aromatic carbocycles. The molecule has 1 saturated heterocycles. The van der Waals surface area contributed by atoms with E-state index in [9.17, 15) is 44.6 Å². The van der Waals surface area contributed by atoms with Crippen LogP contribution in [0.1, 0.15) is 36.6 Å². The molecule has 1 spiro atoms. The Hall–Kier alpha value is -4.17. The lowest BCUT2D eigenvalue weighted by molar-refractivity contribution is -0.193. The van der Waals surface area contributed by atoms with E-state index in [1.54, 1.807) is 0 Å². The van der Waals surface area contributed by atoms with Gasteiger partial charge in [0.25, 0.3) is 0 Å². The largest absolute Gasteiger partial charge is 0.490 e. The van der Waals surface area contributed by atoms with E-state index in [0.29, 0.717) is 0 Å². The maximum Gasteiger partial charge on any atom is 0.490 e. The average molecular weight is 696 g/mol. The van der Waals surface area contributed by atoms with Gasteiger partial charge in [-0.15, -0.1) is 0 Å². The first kappa shape index (κ1) is 40.9. The van der Waals surface area contributed by atoms with Crippen molar-refractivity contribution in [3.63, 3.8) is 0 Å². The number of aromatic nitrogens is 1. The van der Waals surface area contributed by atoms with E-state index in [-0.39, 0.29) is 18.2 Å². The van der Waals surface area contributed by atoms with Crippen molar-refractivity contribution < 1.29 is 79.1 Å². The number of likely N-dealkylation sites (tertiary alicyclic amines) is 1. The Morgan fingerprint density at radius 3 is 1.72 bits per heavy atom. The number of fused-ring (bicyclic) bond motifs is 1. The summed E-state index contributed by atoms with van der Waals surface area (Å²) in [6.07, 6.45) is -10.4. The van der Waals surface area contributed by atoms with E-state index in [0.717, 1.165) is 56.9 Å². The van der Waals surface area contributed by atoms with Crippen LogP contribution in [0.15, 0.2) is 48.7 Å². The van der Waals surface area contributed by atoms with Crippen LogP contribution in [0.2, 0.25) is 0 Å². The van der Waals surface area contributed by atoms with Crippen LogP contribution < -0.4 is 10.1 Å². The fourth-order valence-electron chi connectivity index (χ4n) is 4.16. The summed E-state index contributed by atoms with van der Waals surface area (Å²) in [5.41, 5.74) is 2.19. The predicted molar refractivity (Wildman–Crippen MR) is 142 cm³/mol. The molecule has 2 aromatic rings. The standard InChI is InChI=1S/C21H27N3O2.3C2HF3O2/c25-14-13-24-11-8-21(9-12-24)15-19(18-6-1-2-7-20(18)26-21)23-16-17-5-3-4-10-22-17;3*3-2(4,5)1(6)7/h1-7,10,19,23,25H,8-9,11-16H2;3*(H,6,7). The summed E-state index contributed by atoms with van der Waals surface area (Å²) in [5.74, 6) is -7.26. The molecule has 0 aliphatic carbocycles. The number of para-hydroxylation sites is 1. The highest BCUT2D eigenvalue weighted by molar-refractivity contribution is 5.73. The molecular weight excluding hydrogens is 665 g/mol. The minimum atomic E-state index is -5.08. The maximum absolute atomic E-state index is 10.6. The van der Waals surface area contributed by atoms with Gasteiger partial charge in [-0.2, -0.15) is 39.5 Å². The second-order valence-corrected chi connectivity index (χ2v) is 9.76. The van der Waals surface area contributed by atoms with Gasteiger partial charge in [-0.25, -0.2) is 14.4 Å². The van der Waals surface area contributed by atoms with Gasteiger partial charge in [0.2, 0.25) is 0 Å². The maximum atomic E-state index is 10.6. The van der Waals surface area contributed by atoms with Gasteiger partial charge in [0.15, 0.2) is 0 Å². The fraction of sp³-hybridized carbons (Fsp3) is 0.481. The smallest absolute Gasteiger partial charge is 0.487 e. The lowest BCUT2D eigenvalue weighted by Gasteiger charge is -2.47. The van der Waals surface area contributed by atoms with Crippen LogP contribution in [0, 0.1) is 0 Å². The molecular formula is C27H30F9N3O8. The van der Waals surface area contributed by atoms with Gasteiger partial charge in [-0.3, -0.25) is 4.98 Å². The summed E-state index contributed by atoms with van der Waals surface area (Å²) in [7, 11) is 0. The molecule has 1 fully saturated rings. The zero-order valence-electron chi connectivity index (χ0n) is 24.1. The van der Waals surface area contributed by atoms with Gasteiger partial charge in [0, 0.05) is 50.4 Å². The summed E-state index contributed by atoms with van der Waals surface area (Å²) < 4.78 is 102. The zero-order chi connectivity index (χ0) is 36.1. The highest BCUT2D eigenvalue weighted by Crippen LogP contribution is 2.44. The van der Waals surface area contributed by atoms with Gasteiger partial charge >= 0.3 is 36.4 Å². The first-order chi connectivity index (χ1) is 21.6. The summed E-state index contributed by atoms with van der Waals surface area (Å²) >= 11 is 0. The van der Waals surface area contributed by atoms with Crippen molar-refractivity contribution in [3.8, 4) is 5.75 Å². The molecule has 264 valence electrons. The first-order valence-electron chi connectivity index (χ1n) is 13.3. The number of hydrogen-bond donors (Lipinski definition) is 5. The number of nitrogens with zero attached hydrogens (tertiary/aromatic N) is 2. The lowest BCUT2D eigenvalue weighted by atomic mass is 9.80. The summed E-state index contributed by atoms with van der Waals surface area (Å²) in [6, 6.07) is 14.7. The SMILES string of the molecule is O=C(O)C(F)(F)F.O=C(O)C(F)(F)F.O=C(O)C(F)(F)F.OCCN1CCC2(CC1)CC(NCc1ccccn1)c1ccccc1O2. The molecule has 1 unspecified atom stereocenters. The van der Waals surface area contributed by atoms with Crippen LogP contribution in [0.25, 0.3) is 0 Å². The number of β-amino-alcohol motifs (C(OH)–C–C–N with tert-alkyl or cyclic N) is 1. The van der Waals surface area contributed by atoms with Crippen molar-refractivity contribution in [1.29, 1.82) is 0 Å². The molecule has 2 aliphatic heterocycles. The van der Waals surface area contributed by atoms with Crippen LogP contribution in [0.4, 0.5) is 39.5 Å². The van der Waals surface area contributed by atoms with E-state index in [1.807, 2.05) is 18.3 Å². The molecule has 47 heavy (non-hydrogen) atoms. The van der Waals surface area contributed by atoms with E-state index in [2.05, 4.69) is 45.5 Å². The van der Waals surface area contributed by atoms with Crippen molar-refractivity contribution >= 4 is 17.9 Å². The van der Waals surface area contributed by atoms with Crippen molar-refractivity contribution in [3.05, 3.63) is 59.9 Å². The summed E-state index contributed by atoms with van der Waals surface area (Å²) in [5, 5.41) is 34.3. The Kier molecular flexibility index (Phi) is 15.4. The third kappa shape index (κ3) is 14.9. The monoisotopic (exact) mass is 695 g/mol. The van der Waals surface area contributed by atoms with E-state index in [1.165, 1.54) is 5.56 Å². The average Bonchev–Trinajstić information content (AvgIpc) is 2.97. The van der Waals surface area contributed by atoms with E-state index in [4.69, 9.17) is 34.4 Å². The number of nitrogens with one attached hydrogen (secondary N) is 1. The van der Waals surface area contributed by atoms with Crippen molar-refractivity contribution in [2.75, 3.05) is 26.2 Å². The minimum absolute atomic E-state index is 0.109. The quantitative estimate of drug-likeness (QED) is 0.281. The van der Waals surface area contributed by atoms with Crippen LogP contribution in [0.3, 0.4) is 0 Å². The highest BCUT2D eigenvalue weighted by Gasteiger charge is 2.43. The Labute approximate surface area is 260 Å². The molecule has 0 radical (unpaired) electrons. The number of ether oxygens (including phenoxy) is 1. The van der Waals surface area contributed by atoms with Crippen LogP contribution >= 0.6 is 0 Å². The number of halogens is 9. The van der Waals surface area contributed by atoms with Crippen molar-refractivity contribution in [2.24, 2.45) is 0 Å². The predicted octanol–water partition coefficient (Wildman–Crippen LogP) is 4.42. The Balaban J connectivity index is 0.000000430. The number of carbonyl (C=O) groups is 3. The van der Waals surface area contributed by atoms with Crippen LogP contribution in [-0.2, 0) is 20.9 Å². The van der Waals surface area contributed by atoms with E-state index < -0.39 is 36.4 Å². The molecule has 5 N–H and O–H groups in total. The van der Waals surface area contributed by atoms with Gasteiger partial charge in [0.05, 0.1) is 12.3 Å². The van der Waals surface area contributed by atoms with Gasteiger partial charge in [-0.05, 0) is 31.0 Å². The number of carboxylic acid groups (broad SMARTS) is 3. The van der Waals surface area contributed by atoms with E-state index >= 15 is 0 Å². The number of aliphatic carboxylic acids is 3. The lowest BCUT2D eigenvalue weighted by Crippen LogP contribution is -2.52. The molecule has 2 aliphatic rings. The number of aliphatic hydroxyl groups is 1. The Bertz CT molecular complexity index is 1230. The second kappa shape index (κ2) is 17.7. The number of piperidine rings is 1. The first-order valence-corrected chi connectivity index (χ1v) is 13.3. The fourth-order valence-corrected chi connectivity index (χ4v) is 4.16. The van der Waals surface area contributed by atoms with Crippen LogP contribution in [-0.4, -0.2) is 98.6 Å². The number of hydrogen-bond acceptors (Lipinski definition) is 8. The number of alkyl halides is 9. The molecule has 11 nitrogen and oxygen atoms in total. The molecule has 0 bridgehead atoms. The third-order valence-corrected chi connectivity index (χ3v) is 6.36. The van der Waals surface area contributed by atoms with Crippen molar-refractivity contribution in [2.45, 2.75) is 56.0 Å². The van der Waals surface area contributed by atoms with Gasteiger partial charge < -0.3 is 35.4 Å². The number of benzene rings is 1.